The molecule has 0 aromatic carbocycles. The average Bonchev–Trinajstić information content (AvgIpc) is 3.22. The van der Waals surface area contributed by atoms with Crippen LogP contribution in [0.25, 0.3) is 0 Å². The molecule has 1 saturated heterocycles. The van der Waals surface area contributed by atoms with Crippen molar-refractivity contribution in [2.24, 2.45) is 5.92 Å². The number of hydrogen-bond donors (Lipinski definition) is 1. The van der Waals surface area contributed by atoms with Crippen molar-refractivity contribution in [3.8, 4) is 0 Å². The summed E-state index contributed by atoms with van der Waals surface area (Å²) in [6.45, 7) is 6.99. The standard InChI is InChI=1S/C18H25N3O2S2/c1-13-5-7-20(8-6-13)15(16-4-3-9-24-16)10-19-17(22)11-21-14(2)12-25-18(21)23/h3-4,9,12-13,15H,5-8,10-11H2,1-2H3,(H,19,22)/t15-/m0/s1. The van der Waals surface area contributed by atoms with Crippen LogP contribution in [0.4, 0.5) is 0 Å². The van der Waals surface area contributed by atoms with Crippen LogP contribution in [0.2, 0.25) is 0 Å². The smallest absolute Gasteiger partial charge is 0.307 e. The first-order chi connectivity index (χ1) is 12.0. The van der Waals surface area contributed by atoms with Gasteiger partial charge < -0.3 is 5.32 Å². The Balaban J connectivity index is 1.62. The molecule has 3 heterocycles. The van der Waals surface area contributed by atoms with E-state index >= 15 is 0 Å². The predicted octanol–water partition coefficient (Wildman–Crippen LogP) is 2.87. The summed E-state index contributed by atoms with van der Waals surface area (Å²) in [5.41, 5.74) is 0.838. The Hall–Kier alpha value is -1.44. The molecule has 1 amide bonds. The first-order valence-corrected chi connectivity index (χ1v) is 10.5. The quantitative estimate of drug-likeness (QED) is 0.840. The van der Waals surface area contributed by atoms with E-state index in [1.807, 2.05) is 6.92 Å². The van der Waals surface area contributed by atoms with E-state index in [0.717, 1.165) is 36.0 Å². The summed E-state index contributed by atoms with van der Waals surface area (Å²) in [4.78, 5) is 27.8. The van der Waals surface area contributed by atoms with E-state index in [4.69, 9.17) is 0 Å². The highest BCUT2D eigenvalue weighted by Gasteiger charge is 2.25. The number of rotatable bonds is 6. The van der Waals surface area contributed by atoms with E-state index in [2.05, 4.69) is 34.7 Å². The fraction of sp³-hybridized carbons (Fsp3) is 0.556. The number of amides is 1. The second-order valence-corrected chi connectivity index (χ2v) is 8.58. The lowest BCUT2D eigenvalue weighted by Gasteiger charge is -2.36. The van der Waals surface area contributed by atoms with Gasteiger partial charge in [-0.1, -0.05) is 24.3 Å². The molecule has 3 rings (SSSR count). The summed E-state index contributed by atoms with van der Waals surface area (Å²) in [5, 5.41) is 6.92. The van der Waals surface area contributed by atoms with Crippen LogP contribution in [-0.2, 0) is 11.3 Å². The molecule has 2 aromatic rings. The molecule has 1 atom stereocenters. The van der Waals surface area contributed by atoms with Crippen molar-refractivity contribution in [2.45, 2.75) is 39.3 Å². The molecule has 1 fully saturated rings. The fourth-order valence-corrected chi connectivity index (χ4v) is 4.83. The molecule has 1 aliphatic heterocycles. The molecule has 2 aromatic heterocycles. The monoisotopic (exact) mass is 379 g/mol. The molecule has 7 heteroatoms. The van der Waals surface area contributed by atoms with E-state index in [9.17, 15) is 9.59 Å². The maximum atomic E-state index is 12.3. The summed E-state index contributed by atoms with van der Waals surface area (Å²) in [6, 6.07) is 4.43. The van der Waals surface area contributed by atoms with E-state index in [1.165, 1.54) is 22.3 Å². The van der Waals surface area contributed by atoms with E-state index in [0.29, 0.717) is 6.54 Å². The number of nitrogens with zero attached hydrogens (tertiary/aromatic N) is 2. The van der Waals surface area contributed by atoms with E-state index < -0.39 is 0 Å². The van der Waals surface area contributed by atoms with Gasteiger partial charge in [-0.05, 0) is 50.2 Å². The third-order valence-corrected chi connectivity index (χ3v) is 6.76. The lowest BCUT2D eigenvalue weighted by molar-refractivity contribution is -0.122. The molecule has 0 radical (unpaired) electrons. The van der Waals surface area contributed by atoms with Crippen LogP contribution in [0.3, 0.4) is 0 Å². The Morgan fingerprint density at radius 2 is 2.12 bits per heavy atom. The maximum absolute atomic E-state index is 12.3. The van der Waals surface area contributed by atoms with Gasteiger partial charge in [-0.15, -0.1) is 11.3 Å². The number of carbonyl (C=O) groups is 1. The maximum Gasteiger partial charge on any atom is 0.307 e. The van der Waals surface area contributed by atoms with Crippen molar-refractivity contribution in [2.75, 3.05) is 19.6 Å². The van der Waals surface area contributed by atoms with Crippen LogP contribution in [0.1, 0.15) is 36.4 Å². The van der Waals surface area contributed by atoms with Crippen molar-refractivity contribution in [3.05, 3.63) is 43.1 Å². The van der Waals surface area contributed by atoms with Crippen LogP contribution in [0.15, 0.2) is 27.7 Å². The third-order valence-electron chi connectivity index (χ3n) is 4.90. The molecule has 0 saturated carbocycles. The Morgan fingerprint density at radius 3 is 2.72 bits per heavy atom. The van der Waals surface area contributed by atoms with Crippen molar-refractivity contribution >= 4 is 28.6 Å². The van der Waals surface area contributed by atoms with Gasteiger partial charge in [0.25, 0.3) is 0 Å². The fourth-order valence-electron chi connectivity index (χ4n) is 3.24. The number of aromatic nitrogens is 1. The lowest BCUT2D eigenvalue weighted by Crippen LogP contribution is -2.42. The summed E-state index contributed by atoms with van der Waals surface area (Å²) in [5.74, 6) is 0.679. The van der Waals surface area contributed by atoms with Gasteiger partial charge in [-0.3, -0.25) is 19.1 Å². The minimum Gasteiger partial charge on any atom is -0.353 e. The summed E-state index contributed by atoms with van der Waals surface area (Å²) < 4.78 is 1.53. The van der Waals surface area contributed by atoms with Crippen LogP contribution in [0.5, 0.6) is 0 Å². The van der Waals surface area contributed by atoms with Crippen molar-refractivity contribution in [1.29, 1.82) is 0 Å². The zero-order valence-electron chi connectivity index (χ0n) is 14.7. The number of aryl methyl sites for hydroxylation is 1. The Morgan fingerprint density at radius 1 is 1.36 bits per heavy atom. The van der Waals surface area contributed by atoms with Gasteiger partial charge in [0.15, 0.2) is 0 Å². The van der Waals surface area contributed by atoms with Crippen molar-refractivity contribution in [1.82, 2.24) is 14.8 Å². The average molecular weight is 380 g/mol. The van der Waals surface area contributed by atoms with Gasteiger partial charge >= 0.3 is 4.87 Å². The Bertz CT molecular complexity index is 743. The van der Waals surface area contributed by atoms with Gasteiger partial charge in [0.05, 0.1) is 6.04 Å². The largest absolute Gasteiger partial charge is 0.353 e. The first kappa shape index (κ1) is 18.4. The molecule has 1 N–H and O–H groups in total. The van der Waals surface area contributed by atoms with Gasteiger partial charge in [0, 0.05) is 22.5 Å². The number of likely N-dealkylation sites (tertiary alicyclic amines) is 1. The Labute approximate surface area is 156 Å². The molecule has 0 unspecified atom stereocenters. The molecule has 0 bridgehead atoms. The van der Waals surface area contributed by atoms with Crippen LogP contribution >= 0.6 is 22.7 Å². The third kappa shape index (κ3) is 4.59. The highest BCUT2D eigenvalue weighted by atomic mass is 32.1. The van der Waals surface area contributed by atoms with E-state index in [-0.39, 0.29) is 23.4 Å². The molecule has 0 spiro atoms. The van der Waals surface area contributed by atoms with Gasteiger partial charge in [-0.2, -0.15) is 0 Å². The van der Waals surface area contributed by atoms with Gasteiger partial charge in [-0.25, -0.2) is 0 Å². The molecule has 25 heavy (non-hydrogen) atoms. The van der Waals surface area contributed by atoms with Crippen LogP contribution < -0.4 is 10.2 Å². The predicted molar refractivity (Wildman–Crippen MR) is 103 cm³/mol. The SMILES string of the molecule is Cc1csc(=O)n1CC(=O)NC[C@@H](c1cccs1)N1CCC(C)CC1. The Kier molecular flexibility index (Phi) is 6.09. The zero-order valence-corrected chi connectivity index (χ0v) is 16.4. The minimum absolute atomic E-state index is 0.0764. The summed E-state index contributed by atoms with van der Waals surface area (Å²) in [7, 11) is 0. The highest BCUT2D eigenvalue weighted by Crippen LogP contribution is 2.29. The first-order valence-electron chi connectivity index (χ1n) is 8.73. The minimum atomic E-state index is -0.101. The van der Waals surface area contributed by atoms with Gasteiger partial charge in [0.2, 0.25) is 5.91 Å². The molecular weight excluding hydrogens is 354 g/mol. The molecular formula is C18H25N3O2S2. The lowest BCUT2D eigenvalue weighted by atomic mass is 9.97. The van der Waals surface area contributed by atoms with Crippen LogP contribution in [-0.4, -0.2) is 35.0 Å². The zero-order chi connectivity index (χ0) is 17.8. The normalized spacial score (nSPS) is 17.5. The van der Waals surface area contributed by atoms with Crippen LogP contribution in [0, 0.1) is 12.8 Å². The summed E-state index contributed by atoms with van der Waals surface area (Å²) in [6.07, 6.45) is 2.42. The summed E-state index contributed by atoms with van der Waals surface area (Å²) >= 11 is 2.88. The molecule has 0 aliphatic carbocycles. The number of thiazole rings is 1. The van der Waals surface area contributed by atoms with Gasteiger partial charge in [0.1, 0.15) is 6.54 Å². The number of hydrogen-bond acceptors (Lipinski definition) is 5. The van der Waals surface area contributed by atoms with Crippen molar-refractivity contribution < 1.29 is 4.79 Å². The number of nitrogens with one attached hydrogen (secondary N) is 1. The molecule has 1 aliphatic rings. The number of carbonyl (C=O) groups excluding carboxylic acids is 1. The number of thiophene rings is 1. The molecule has 136 valence electrons. The second-order valence-electron chi connectivity index (χ2n) is 6.78. The highest BCUT2D eigenvalue weighted by molar-refractivity contribution is 7.10. The molecule has 5 nitrogen and oxygen atoms in total. The van der Waals surface area contributed by atoms with Crippen molar-refractivity contribution in [3.63, 3.8) is 0 Å². The second kappa shape index (κ2) is 8.29. The topological polar surface area (TPSA) is 54.3 Å². The van der Waals surface area contributed by atoms with E-state index in [1.54, 1.807) is 16.7 Å². The number of piperidine rings is 1.